The largest absolute Gasteiger partial charge is 0.497 e. The van der Waals surface area contributed by atoms with Crippen LogP contribution in [-0.4, -0.2) is 35.2 Å². The summed E-state index contributed by atoms with van der Waals surface area (Å²) in [6, 6.07) is 13.6. The van der Waals surface area contributed by atoms with Crippen LogP contribution in [0.4, 0.5) is 4.39 Å². The first-order chi connectivity index (χ1) is 13.6. The first-order valence-electron chi connectivity index (χ1n) is 8.99. The molecule has 0 saturated carbocycles. The van der Waals surface area contributed by atoms with Crippen LogP contribution in [0.2, 0.25) is 0 Å². The highest BCUT2D eigenvalue weighted by Crippen LogP contribution is 2.24. The monoisotopic (exact) mass is 381 g/mol. The van der Waals surface area contributed by atoms with E-state index in [1.165, 1.54) is 12.1 Å². The number of ether oxygens (including phenoxy) is 2. The van der Waals surface area contributed by atoms with Gasteiger partial charge in [-0.05, 0) is 36.4 Å². The van der Waals surface area contributed by atoms with Gasteiger partial charge in [0.05, 0.1) is 31.0 Å². The fourth-order valence-electron chi connectivity index (χ4n) is 3.16. The number of nitrogens with one attached hydrogen (secondary N) is 1. The molecule has 7 heteroatoms. The van der Waals surface area contributed by atoms with Crippen LogP contribution in [0, 0.1) is 5.82 Å². The van der Waals surface area contributed by atoms with Crippen molar-refractivity contribution >= 4 is 5.91 Å². The second-order valence-electron chi connectivity index (χ2n) is 6.55. The van der Waals surface area contributed by atoms with Crippen LogP contribution in [0.5, 0.6) is 5.75 Å². The molecular formula is C21H20FN3O3. The van der Waals surface area contributed by atoms with Gasteiger partial charge in [-0.15, -0.1) is 0 Å². The lowest BCUT2D eigenvalue weighted by Gasteiger charge is -2.24. The van der Waals surface area contributed by atoms with E-state index in [4.69, 9.17) is 9.47 Å². The molecule has 1 N–H and O–H groups in total. The van der Waals surface area contributed by atoms with Gasteiger partial charge in [-0.25, -0.2) is 9.37 Å². The lowest BCUT2D eigenvalue weighted by molar-refractivity contribution is 0.00325. The molecule has 2 heterocycles. The summed E-state index contributed by atoms with van der Waals surface area (Å²) in [4.78, 5) is 16.8. The van der Waals surface area contributed by atoms with Crippen molar-refractivity contribution in [2.24, 2.45) is 0 Å². The average molecular weight is 381 g/mol. The average Bonchev–Trinajstić information content (AvgIpc) is 3.16. The second kappa shape index (κ2) is 7.82. The van der Waals surface area contributed by atoms with Crippen molar-refractivity contribution in [2.45, 2.75) is 19.3 Å². The van der Waals surface area contributed by atoms with Gasteiger partial charge >= 0.3 is 0 Å². The Kier molecular flexibility index (Phi) is 5.08. The minimum absolute atomic E-state index is 0.0309. The topological polar surface area (TPSA) is 65.4 Å². The molecule has 3 aromatic rings. The van der Waals surface area contributed by atoms with Crippen molar-refractivity contribution in [1.29, 1.82) is 0 Å². The van der Waals surface area contributed by atoms with Crippen LogP contribution in [0.15, 0.2) is 54.7 Å². The standard InChI is InChI=1S/C21H20FN3O3/c1-27-15-8-6-14(7-9-15)19-12-25-11-16(28-13-20(25)24-19)10-23-21(26)17-4-2-3-5-18(17)22/h2-9,12,16H,10-11,13H2,1H3,(H,23,26)/t16-/m0/s1. The van der Waals surface area contributed by atoms with Crippen molar-refractivity contribution < 1.29 is 18.7 Å². The first-order valence-corrected chi connectivity index (χ1v) is 8.99. The normalized spacial score (nSPS) is 15.7. The fourth-order valence-corrected chi connectivity index (χ4v) is 3.16. The van der Waals surface area contributed by atoms with E-state index in [1.54, 1.807) is 19.2 Å². The SMILES string of the molecule is COc1ccc(-c2cn3c(n2)CO[C@@H](CNC(=O)c2ccccc2F)C3)cc1. The summed E-state index contributed by atoms with van der Waals surface area (Å²) in [5, 5.41) is 2.74. The summed E-state index contributed by atoms with van der Waals surface area (Å²) in [5.74, 6) is 0.645. The van der Waals surface area contributed by atoms with Crippen molar-refractivity contribution in [3.63, 3.8) is 0 Å². The molecule has 144 valence electrons. The molecule has 0 radical (unpaired) electrons. The van der Waals surface area contributed by atoms with Crippen LogP contribution >= 0.6 is 0 Å². The zero-order chi connectivity index (χ0) is 19.5. The van der Waals surface area contributed by atoms with Crippen LogP contribution in [0.3, 0.4) is 0 Å². The van der Waals surface area contributed by atoms with Gasteiger partial charge in [-0.2, -0.15) is 0 Å². The third-order valence-corrected chi connectivity index (χ3v) is 4.70. The summed E-state index contributed by atoms with van der Waals surface area (Å²) in [6.45, 7) is 1.22. The lowest BCUT2D eigenvalue weighted by atomic mass is 10.1. The van der Waals surface area contributed by atoms with Crippen LogP contribution in [-0.2, 0) is 17.9 Å². The summed E-state index contributed by atoms with van der Waals surface area (Å²) in [7, 11) is 1.63. The zero-order valence-electron chi connectivity index (χ0n) is 15.4. The molecule has 0 saturated heterocycles. The Hall–Kier alpha value is -3.19. The Morgan fingerprint density at radius 1 is 1.29 bits per heavy atom. The predicted octanol–water partition coefficient (Wildman–Crippen LogP) is 3.03. The van der Waals surface area contributed by atoms with Gasteiger partial charge in [0.1, 0.15) is 24.0 Å². The minimum Gasteiger partial charge on any atom is -0.497 e. The lowest BCUT2D eigenvalue weighted by Crippen LogP contribution is -2.38. The molecule has 6 nitrogen and oxygen atoms in total. The van der Waals surface area contributed by atoms with Gasteiger partial charge in [0.2, 0.25) is 0 Å². The first kappa shape index (κ1) is 18.2. The Morgan fingerprint density at radius 3 is 2.82 bits per heavy atom. The molecule has 2 aromatic carbocycles. The highest BCUT2D eigenvalue weighted by molar-refractivity contribution is 5.94. The van der Waals surface area contributed by atoms with E-state index in [9.17, 15) is 9.18 Å². The number of rotatable bonds is 5. The Morgan fingerprint density at radius 2 is 2.07 bits per heavy atom. The number of aromatic nitrogens is 2. The van der Waals surface area contributed by atoms with Crippen molar-refractivity contribution in [3.8, 4) is 17.0 Å². The number of nitrogens with zero attached hydrogens (tertiary/aromatic N) is 2. The molecule has 1 aliphatic rings. The minimum atomic E-state index is -0.536. The van der Waals surface area contributed by atoms with Gasteiger partial charge in [0.25, 0.3) is 5.91 Å². The van der Waals surface area contributed by atoms with E-state index >= 15 is 0 Å². The highest BCUT2D eigenvalue weighted by atomic mass is 19.1. The summed E-state index contributed by atoms with van der Waals surface area (Å²) >= 11 is 0. The molecule has 0 fully saturated rings. The molecule has 1 aromatic heterocycles. The number of fused-ring (bicyclic) bond motifs is 1. The number of imidazole rings is 1. The molecule has 28 heavy (non-hydrogen) atoms. The molecule has 0 spiro atoms. The third kappa shape index (κ3) is 3.75. The van der Waals surface area contributed by atoms with E-state index < -0.39 is 11.7 Å². The summed E-state index contributed by atoms with van der Waals surface area (Å²) < 4.78 is 26.7. The number of amides is 1. The zero-order valence-corrected chi connectivity index (χ0v) is 15.4. The molecule has 1 atom stereocenters. The summed E-state index contributed by atoms with van der Waals surface area (Å²) in [5.41, 5.74) is 1.88. The van der Waals surface area contributed by atoms with Crippen molar-refractivity contribution in [2.75, 3.05) is 13.7 Å². The van der Waals surface area contributed by atoms with Gasteiger partial charge in [-0.3, -0.25) is 4.79 Å². The second-order valence-corrected chi connectivity index (χ2v) is 6.55. The Labute approximate surface area is 161 Å². The third-order valence-electron chi connectivity index (χ3n) is 4.70. The van der Waals surface area contributed by atoms with Gasteiger partial charge < -0.3 is 19.4 Å². The number of methoxy groups -OCH3 is 1. The number of halogens is 1. The molecule has 0 bridgehead atoms. The molecule has 1 amide bonds. The maximum Gasteiger partial charge on any atom is 0.254 e. The van der Waals surface area contributed by atoms with E-state index in [0.717, 1.165) is 22.8 Å². The van der Waals surface area contributed by atoms with Gasteiger partial charge in [0, 0.05) is 18.3 Å². The fraction of sp³-hybridized carbons (Fsp3) is 0.238. The maximum absolute atomic E-state index is 13.7. The number of carbonyl (C=O) groups is 1. The molecular weight excluding hydrogens is 361 g/mol. The van der Waals surface area contributed by atoms with Crippen LogP contribution in [0.1, 0.15) is 16.2 Å². The number of carbonyl (C=O) groups excluding carboxylic acids is 1. The molecule has 1 aliphatic heterocycles. The molecule has 4 rings (SSSR count). The molecule has 0 aliphatic carbocycles. The van der Waals surface area contributed by atoms with Gasteiger partial charge in [0.15, 0.2) is 0 Å². The smallest absolute Gasteiger partial charge is 0.254 e. The number of benzene rings is 2. The van der Waals surface area contributed by atoms with E-state index in [0.29, 0.717) is 19.7 Å². The predicted molar refractivity (Wildman–Crippen MR) is 102 cm³/mol. The summed E-state index contributed by atoms with van der Waals surface area (Å²) in [6.07, 6.45) is 1.77. The van der Waals surface area contributed by atoms with Crippen molar-refractivity contribution in [3.05, 3.63) is 71.9 Å². The van der Waals surface area contributed by atoms with Crippen LogP contribution in [0.25, 0.3) is 11.3 Å². The Bertz CT molecular complexity index is 985. The number of hydrogen-bond donors (Lipinski definition) is 1. The quantitative estimate of drug-likeness (QED) is 0.738. The highest BCUT2D eigenvalue weighted by Gasteiger charge is 2.22. The number of hydrogen-bond acceptors (Lipinski definition) is 4. The van der Waals surface area contributed by atoms with Crippen molar-refractivity contribution in [1.82, 2.24) is 14.9 Å². The van der Waals surface area contributed by atoms with Crippen LogP contribution < -0.4 is 10.1 Å². The van der Waals surface area contributed by atoms with E-state index in [1.807, 2.05) is 35.0 Å². The van der Waals surface area contributed by atoms with Gasteiger partial charge in [-0.1, -0.05) is 12.1 Å². The van der Waals surface area contributed by atoms with E-state index in [-0.39, 0.29) is 11.7 Å². The maximum atomic E-state index is 13.7. The Balaban J connectivity index is 1.40. The molecule has 0 unspecified atom stereocenters. The van der Waals surface area contributed by atoms with E-state index in [2.05, 4.69) is 10.3 Å².